The Morgan fingerprint density at radius 2 is 0.737 bits per heavy atom. The molecule has 0 amide bonds. The molecular formula is C37H29N. The maximum Gasteiger partial charge on any atom is 0.0430 e. The van der Waals surface area contributed by atoms with E-state index < -0.39 is 0 Å². The highest BCUT2D eigenvalue weighted by Crippen LogP contribution is 2.45. The van der Waals surface area contributed by atoms with E-state index in [1.54, 1.807) is 0 Å². The number of nitrogen functional groups attached to an aromatic ring is 1. The van der Waals surface area contributed by atoms with Gasteiger partial charge in [-0.1, -0.05) is 140 Å². The van der Waals surface area contributed by atoms with Gasteiger partial charge in [-0.2, -0.15) is 0 Å². The van der Waals surface area contributed by atoms with Crippen LogP contribution in [0.5, 0.6) is 0 Å². The highest BCUT2D eigenvalue weighted by molar-refractivity contribution is 6.00. The van der Waals surface area contributed by atoms with Crippen LogP contribution in [0.2, 0.25) is 0 Å². The monoisotopic (exact) mass is 487 g/mol. The normalized spacial score (nSPS) is 10.9. The Labute approximate surface area is 224 Å². The molecule has 0 saturated carbocycles. The van der Waals surface area contributed by atoms with Gasteiger partial charge in [-0.3, -0.25) is 0 Å². The second-order valence-corrected chi connectivity index (χ2v) is 9.57. The molecule has 6 aromatic carbocycles. The summed E-state index contributed by atoms with van der Waals surface area (Å²) in [6.07, 6.45) is 0. The van der Waals surface area contributed by atoms with Gasteiger partial charge >= 0.3 is 0 Å². The van der Waals surface area contributed by atoms with Crippen LogP contribution in [0.3, 0.4) is 0 Å². The fourth-order valence-corrected chi connectivity index (χ4v) is 5.42. The van der Waals surface area contributed by atoms with E-state index in [4.69, 9.17) is 5.73 Å². The molecule has 1 nitrogen and oxygen atoms in total. The standard InChI is InChI=1S/C37H29N/c1-26-36(29-19-9-4-10-20-29)34(28-17-7-3-8-18-28)25-35(37(26)38)33-24-14-13-23-32(33)31-22-12-11-21-30(31)27-15-5-2-6-16-27/h2-25H,38H2,1H3. The summed E-state index contributed by atoms with van der Waals surface area (Å²) < 4.78 is 0. The van der Waals surface area contributed by atoms with E-state index >= 15 is 0 Å². The molecule has 38 heavy (non-hydrogen) atoms. The van der Waals surface area contributed by atoms with Crippen molar-refractivity contribution >= 4 is 5.69 Å². The van der Waals surface area contributed by atoms with Gasteiger partial charge in [0.25, 0.3) is 0 Å². The van der Waals surface area contributed by atoms with Crippen LogP contribution in [-0.4, -0.2) is 0 Å². The lowest BCUT2D eigenvalue weighted by molar-refractivity contribution is 1.44. The number of hydrogen-bond acceptors (Lipinski definition) is 1. The fourth-order valence-electron chi connectivity index (χ4n) is 5.42. The summed E-state index contributed by atoms with van der Waals surface area (Å²) in [5.74, 6) is 0. The summed E-state index contributed by atoms with van der Waals surface area (Å²) in [5.41, 5.74) is 20.6. The van der Waals surface area contributed by atoms with Crippen LogP contribution in [0.1, 0.15) is 5.56 Å². The molecule has 6 rings (SSSR count). The van der Waals surface area contributed by atoms with Gasteiger partial charge in [-0.15, -0.1) is 0 Å². The first-order chi connectivity index (χ1) is 18.7. The summed E-state index contributed by atoms with van der Waals surface area (Å²) in [6.45, 7) is 2.15. The zero-order valence-electron chi connectivity index (χ0n) is 21.4. The molecule has 182 valence electrons. The van der Waals surface area contributed by atoms with Crippen molar-refractivity contribution < 1.29 is 0 Å². The molecule has 0 aliphatic rings. The van der Waals surface area contributed by atoms with Crippen LogP contribution in [0, 0.1) is 6.92 Å². The van der Waals surface area contributed by atoms with E-state index in [2.05, 4.69) is 153 Å². The predicted octanol–water partition coefficient (Wildman–Crippen LogP) is 9.91. The maximum absolute atomic E-state index is 7.00. The fraction of sp³-hybridized carbons (Fsp3) is 0.0270. The van der Waals surface area contributed by atoms with Crippen molar-refractivity contribution in [2.75, 3.05) is 5.73 Å². The average molecular weight is 488 g/mol. The van der Waals surface area contributed by atoms with Crippen molar-refractivity contribution in [3.8, 4) is 55.6 Å². The summed E-state index contributed by atoms with van der Waals surface area (Å²) in [7, 11) is 0. The van der Waals surface area contributed by atoms with Gasteiger partial charge in [0, 0.05) is 11.3 Å². The second kappa shape index (κ2) is 10.2. The van der Waals surface area contributed by atoms with Crippen molar-refractivity contribution in [2.24, 2.45) is 0 Å². The number of rotatable bonds is 5. The molecule has 0 fully saturated rings. The summed E-state index contributed by atoms with van der Waals surface area (Å²) >= 11 is 0. The van der Waals surface area contributed by atoms with Gasteiger partial charge in [-0.25, -0.2) is 0 Å². The van der Waals surface area contributed by atoms with Crippen molar-refractivity contribution in [1.82, 2.24) is 0 Å². The molecule has 0 bridgehead atoms. The summed E-state index contributed by atoms with van der Waals surface area (Å²) in [4.78, 5) is 0. The first kappa shape index (κ1) is 23.5. The second-order valence-electron chi connectivity index (χ2n) is 9.57. The number of anilines is 1. The van der Waals surface area contributed by atoms with E-state index in [0.717, 1.165) is 22.4 Å². The largest absolute Gasteiger partial charge is 0.398 e. The van der Waals surface area contributed by atoms with E-state index in [0.29, 0.717) is 0 Å². The summed E-state index contributed by atoms with van der Waals surface area (Å²) in [6, 6.07) is 51.3. The Morgan fingerprint density at radius 1 is 0.368 bits per heavy atom. The molecule has 0 heterocycles. The van der Waals surface area contributed by atoms with E-state index in [-0.39, 0.29) is 0 Å². The van der Waals surface area contributed by atoms with Gasteiger partial charge in [0.2, 0.25) is 0 Å². The Balaban J connectivity index is 1.62. The predicted molar refractivity (Wildman–Crippen MR) is 163 cm³/mol. The molecule has 2 N–H and O–H groups in total. The molecule has 1 heteroatoms. The average Bonchev–Trinajstić information content (AvgIpc) is 3.00. The molecule has 6 aromatic rings. The van der Waals surface area contributed by atoms with Crippen LogP contribution >= 0.6 is 0 Å². The van der Waals surface area contributed by atoms with Gasteiger partial charge in [0.15, 0.2) is 0 Å². The third-order valence-electron chi connectivity index (χ3n) is 7.29. The zero-order chi connectivity index (χ0) is 25.9. The molecular weight excluding hydrogens is 458 g/mol. The Bertz CT molecular complexity index is 1700. The van der Waals surface area contributed by atoms with Gasteiger partial charge in [0.05, 0.1) is 0 Å². The molecule has 0 spiro atoms. The lowest BCUT2D eigenvalue weighted by Crippen LogP contribution is -2.00. The highest BCUT2D eigenvalue weighted by atomic mass is 14.6. The topological polar surface area (TPSA) is 26.0 Å². The quantitative estimate of drug-likeness (QED) is 0.241. The lowest BCUT2D eigenvalue weighted by Gasteiger charge is -2.21. The minimum Gasteiger partial charge on any atom is -0.398 e. The highest BCUT2D eigenvalue weighted by Gasteiger charge is 2.20. The van der Waals surface area contributed by atoms with Crippen molar-refractivity contribution in [1.29, 1.82) is 0 Å². The van der Waals surface area contributed by atoms with E-state index in [9.17, 15) is 0 Å². The van der Waals surface area contributed by atoms with Crippen LogP contribution in [-0.2, 0) is 0 Å². The van der Waals surface area contributed by atoms with Gasteiger partial charge in [-0.05, 0) is 68.6 Å². The van der Waals surface area contributed by atoms with Crippen LogP contribution in [0.4, 0.5) is 5.69 Å². The smallest absolute Gasteiger partial charge is 0.0430 e. The molecule has 0 aliphatic heterocycles. The van der Waals surface area contributed by atoms with Gasteiger partial charge < -0.3 is 5.73 Å². The van der Waals surface area contributed by atoms with Gasteiger partial charge in [0.1, 0.15) is 0 Å². The molecule has 0 unspecified atom stereocenters. The minimum absolute atomic E-state index is 0.813. The molecule has 0 aromatic heterocycles. The molecule has 0 aliphatic carbocycles. The van der Waals surface area contributed by atoms with Crippen molar-refractivity contribution in [3.05, 3.63) is 151 Å². The zero-order valence-corrected chi connectivity index (χ0v) is 21.4. The molecule has 0 atom stereocenters. The Morgan fingerprint density at radius 3 is 1.26 bits per heavy atom. The third-order valence-corrected chi connectivity index (χ3v) is 7.29. The van der Waals surface area contributed by atoms with Crippen molar-refractivity contribution in [2.45, 2.75) is 6.92 Å². The number of nitrogens with two attached hydrogens (primary N) is 1. The first-order valence-electron chi connectivity index (χ1n) is 13.0. The summed E-state index contributed by atoms with van der Waals surface area (Å²) in [5, 5.41) is 0. The van der Waals surface area contributed by atoms with Crippen LogP contribution in [0.25, 0.3) is 55.6 Å². The molecule has 0 radical (unpaired) electrons. The van der Waals surface area contributed by atoms with E-state index in [1.165, 1.54) is 44.5 Å². The third kappa shape index (κ3) is 4.29. The Kier molecular flexibility index (Phi) is 6.34. The Hall–Kier alpha value is -4.88. The van der Waals surface area contributed by atoms with Crippen LogP contribution < -0.4 is 5.73 Å². The number of benzene rings is 6. The minimum atomic E-state index is 0.813. The molecule has 0 saturated heterocycles. The SMILES string of the molecule is Cc1c(N)c(-c2ccccc2-c2ccccc2-c2ccccc2)cc(-c2ccccc2)c1-c1ccccc1. The van der Waals surface area contributed by atoms with Crippen molar-refractivity contribution in [3.63, 3.8) is 0 Å². The number of hydrogen-bond donors (Lipinski definition) is 1. The first-order valence-corrected chi connectivity index (χ1v) is 13.0. The van der Waals surface area contributed by atoms with E-state index in [1.807, 2.05) is 0 Å². The maximum atomic E-state index is 7.00. The van der Waals surface area contributed by atoms with Crippen LogP contribution in [0.15, 0.2) is 146 Å². The lowest BCUT2D eigenvalue weighted by atomic mass is 9.83.